The van der Waals surface area contributed by atoms with E-state index in [-0.39, 0.29) is 47.3 Å². The Balaban J connectivity index is 0.00000193. The molecule has 0 aliphatic heterocycles. The van der Waals surface area contributed by atoms with E-state index in [1.807, 2.05) is 38.1 Å². The number of hydrogen-bond acceptors (Lipinski definition) is 6. The molecule has 0 spiro atoms. The Hall–Kier alpha value is -2.62. The second-order valence-corrected chi connectivity index (χ2v) is 8.59. The molecule has 0 radical (unpaired) electrons. The Morgan fingerprint density at radius 1 is 0.938 bits per heavy atom. The summed E-state index contributed by atoms with van der Waals surface area (Å²) in [7, 11) is -4.47. The minimum Gasteiger partial charge on any atom is -1.00 e. The van der Waals surface area contributed by atoms with Gasteiger partial charge in [0.1, 0.15) is 16.3 Å². The van der Waals surface area contributed by atoms with E-state index in [4.69, 9.17) is 5.73 Å². The number of azo groups is 1. The van der Waals surface area contributed by atoms with Crippen molar-refractivity contribution >= 4 is 38.0 Å². The summed E-state index contributed by atoms with van der Waals surface area (Å²) in [6.07, 6.45) is 1.59. The summed E-state index contributed by atoms with van der Waals surface area (Å²) in [6, 6.07) is 17.6. The fraction of sp³-hybridized carbons (Fsp3) is 0.0870. The Morgan fingerprint density at radius 2 is 1.59 bits per heavy atom. The number of hydrogen-bond donors (Lipinski definition) is 2. The van der Waals surface area contributed by atoms with Crippen molar-refractivity contribution in [3.63, 3.8) is 0 Å². The Morgan fingerprint density at radius 3 is 2.19 bits per heavy atom. The van der Waals surface area contributed by atoms with Gasteiger partial charge >= 0.3 is 29.6 Å². The maximum atomic E-state index is 11.8. The minimum atomic E-state index is -4.47. The van der Waals surface area contributed by atoms with Crippen molar-refractivity contribution in [2.75, 3.05) is 5.73 Å². The minimum absolute atomic E-state index is 0. The van der Waals surface area contributed by atoms with Crippen molar-refractivity contribution in [3.8, 4) is 11.3 Å². The van der Waals surface area contributed by atoms with Gasteiger partial charge in [-0.1, -0.05) is 42.5 Å². The Labute approximate surface area is 209 Å². The maximum Gasteiger partial charge on any atom is 1.00 e. The number of nitrogen functional groups attached to an aromatic ring is 1. The van der Waals surface area contributed by atoms with Crippen molar-refractivity contribution in [2.45, 2.75) is 18.7 Å². The normalized spacial score (nSPS) is 11.6. The van der Waals surface area contributed by atoms with Crippen molar-refractivity contribution < 1.29 is 44.0 Å². The van der Waals surface area contributed by atoms with E-state index in [1.165, 1.54) is 6.07 Å². The zero-order chi connectivity index (χ0) is 22.2. The second-order valence-electron chi connectivity index (χ2n) is 7.20. The third-order valence-corrected chi connectivity index (χ3v) is 5.96. The van der Waals surface area contributed by atoms with Gasteiger partial charge in [0.15, 0.2) is 0 Å². The third-order valence-electron chi connectivity index (χ3n) is 5.06. The van der Waals surface area contributed by atoms with Crippen LogP contribution in [0, 0.1) is 13.8 Å². The molecule has 4 rings (SSSR count). The van der Waals surface area contributed by atoms with Crippen LogP contribution >= 0.6 is 0 Å². The number of fused-ring (bicyclic) bond motifs is 1. The van der Waals surface area contributed by atoms with Gasteiger partial charge in [-0.3, -0.25) is 9.54 Å². The molecule has 32 heavy (non-hydrogen) atoms. The fourth-order valence-corrected chi connectivity index (χ4v) is 4.29. The number of rotatable bonds is 4. The quantitative estimate of drug-likeness (QED) is 0.212. The first-order valence-corrected chi connectivity index (χ1v) is 10.9. The van der Waals surface area contributed by atoms with Crippen molar-refractivity contribution in [2.24, 2.45) is 10.2 Å². The average Bonchev–Trinajstić information content (AvgIpc) is 2.73. The Bertz CT molecular complexity index is 1420. The van der Waals surface area contributed by atoms with E-state index in [2.05, 4.69) is 15.2 Å². The second kappa shape index (κ2) is 9.48. The van der Waals surface area contributed by atoms with Gasteiger partial charge in [-0.25, -0.2) is 0 Å². The monoisotopic (exact) mass is 456 g/mol. The summed E-state index contributed by atoms with van der Waals surface area (Å²) in [5.41, 5.74) is 11.2. The molecule has 0 aliphatic carbocycles. The number of nitrogens with zero attached hydrogens (tertiary/aromatic N) is 3. The van der Waals surface area contributed by atoms with Gasteiger partial charge in [-0.15, -0.1) is 10.2 Å². The first kappa shape index (κ1) is 24.0. The topological polar surface area (TPSA) is 118 Å². The molecule has 1 aromatic heterocycles. The van der Waals surface area contributed by atoms with Crippen LogP contribution in [0.5, 0.6) is 0 Å². The van der Waals surface area contributed by atoms with Gasteiger partial charge in [0.25, 0.3) is 10.1 Å². The van der Waals surface area contributed by atoms with E-state index >= 15 is 0 Å². The zero-order valence-electron chi connectivity index (χ0n) is 18.9. The van der Waals surface area contributed by atoms with Crippen molar-refractivity contribution in [1.29, 1.82) is 0 Å². The van der Waals surface area contributed by atoms with Gasteiger partial charge < -0.3 is 7.16 Å². The zero-order valence-corrected chi connectivity index (χ0v) is 20.8. The van der Waals surface area contributed by atoms with E-state index in [9.17, 15) is 13.0 Å². The number of aromatic nitrogens is 1. The molecule has 0 amide bonds. The first-order valence-electron chi connectivity index (χ1n) is 9.49. The number of anilines is 1. The molecular formula is C23H21N4NaO3S. The molecule has 0 atom stereocenters. The van der Waals surface area contributed by atoms with Crippen molar-refractivity contribution in [1.82, 2.24) is 4.98 Å². The van der Waals surface area contributed by atoms with Gasteiger partial charge in [-0.2, -0.15) is 8.42 Å². The summed E-state index contributed by atoms with van der Waals surface area (Å²) in [5, 5.41) is 9.06. The smallest absolute Gasteiger partial charge is 1.00 e. The third kappa shape index (κ3) is 4.74. The van der Waals surface area contributed by atoms with E-state index in [0.29, 0.717) is 16.5 Å². The van der Waals surface area contributed by atoms with Crippen LogP contribution in [0.25, 0.3) is 22.0 Å². The predicted octanol–water partition coefficient (Wildman–Crippen LogP) is 2.88. The number of nitrogens with two attached hydrogens (primary N) is 1. The molecule has 0 saturated carbocycles. The largest absolute Gasteiger partial charge is 1.00 e. The summed E-state index contributed by atoms with van der Waals surface area (Å²) in [5.74, 6) is 0. The summed E-state index contributed by atoms with van der Waals surface area (Å²) >= 11 is 0. The molecule has 9 heteroatoms. The van der Waals surface area contributed by atoms with Gasteiger partial charge in [0.05, 0.1) is 17.6 Å². The van der Waals surface area contributed by atoms with Crippen LogP contribution in [-0.2, 0) is 10.1 Å². The standard InChI is InChI=1S/C23H20N4O3S.Na.H/c1-14-6-5-7-15(2)22(14)19-11-10-16(13-25-19)26-27-20-12-21(31(28,29)30)17-8-3-4-9-18(17)23(20)24;;/h3-13H,24H2,1-2H3,(H,28,29,30);;/q;+1;-1. The molecule has 0 saturated heterocycles. The number of aryl methyl sites for hydroxylation is 2. The molecule has 0 unspecified atom stereocenters. The molecule has 3 aromatic carbocycles. The van der Waals surface area contributed by atoms with Gasteiger partial charge in [0, 0.05) is 16.3 Å². The van der Waals surface area contributed by atoms with Crippen LogP contribution in [-0.4, -0.2) is 18.0 Å². The van der Waals surface area contributed by atoms with Crippen LogP contribution in [0.2, 0.25) is 0 Å². The molecule has 0 fully saturated rings. The SMILES string of the molecule is Cc1cccc(C)c1-c1ccc(N=Nc2cc(S(=O)(=O)O)c3ccccc3c2N)cn1.[H-].[Na+]. The van der Waals surface area contributed by atoms with Crippen LogP contribution in [0.4, 0.5) is 17.1 Å². The average molecular weight is 457 g/mol. The van der Waals surface area contributed by atoms with Gasteiger partial charge in [0.2, 0.25) is 0 Å². The molecule has 3 N–H and O–H groups in total. The van der Waals surface area contributed by atoms with E-state index < -0.39 is 10.1 Å². The summed E-state index contributed by atoms with van der Waals surface area (Å²) in [6.45, 7) is 4.07. The molecular weight excluding hydrogens is 435 g/mol. The van der Waals surface area contributed by atoms with E-state index in [1.54, 1.807) is 36.5 Å². The molecule has 7 nitrogen and oxygen atoms in total. The molecule has 158 valence electrons. The molecule has 1 heterocycles. The van der Waals surface area contributed by atoms with Crippen LogP contribution in [0.15, 0.2) is 82.0 Å². The summed E-state index contributed by atoms with van der Waals surface area (Å²) in [4.78, 5) is 4.22. The van der Waals surface area contributed by atoms with Crippen molar-refractivity contribution in [3.05, 3.63) is 78.0 Å². The maximum absolute atomic E-state index is 11.8. The molecule has 4 aromatic rings. The van der Waals surface area contributed by atoms with Crippen LogP contribution in [0.1, 0.15) is 12.6 Å². The fourth-order valence-electron chi connectivity index (χ4n) is 3.57. The molecule has 0 aliphatic rings. The van der Waals surface area contributed by atoms with Gasteiger partial charge in [-0.05, 0) is 43.2 Å². The summed E-state index contributed by atoms with van der Waals surface area (Å²) < 4.78 is 33.3. The predicted molar refractivity (Wildman–Crippen MR) is 123 cm³/mol. The van der Waals surface area contributed by atoms with Crippen LogP contribution < -0.4 is 35.3 Å². The first-order chi connectivity index (χ1) is 14.8. The molecule has 0 bridgehead atoms. The van der Waals surface area contributed by atoms with E-state index in [0.717, 1.165) is 22.4 Å². The Kier molecular flexibility index (Phi) is 7.12. The number of benzene rings is 3. The van der Waals surface area contributed by atoms with Crippen LogP contribution in [0.3, 0.4) is 0 Å². The number of pyridine rings is 1.